The first-order valence-corrected chi connectivity index (χ1v) is 16.7. The number of benzene rings is 7. The summed E-state index contributed by atoms with van der Waals surface area (Å²) in [5.41, 5.74) is 9.38. The van der Waals surface area contributed by atoms with Crippen LogP contribution in [-0.4, -0.2) is 19.9 Å². The van der Waals surface area contributed by atoms with Crippen LogP contribution in [-0.2, 0) is 0 Å². The van der Waals surface area contributed by atoms with E-state index in [1.165, 1.54) is 27.1 Å². The van der Waals surface area contributed by atoms with Gasteiger partial charge in [0.2, 0.25) is 0 Å². The smallest absolute Gasteiger partial charge is 0.164 e. The molecule has 0 unspecified atom stereocenters. The van der Waals surface area contributed by atoms with E-state index in [1.54, 1.807) is 6.20 Å². The van der Waals surface area contributed by atoms with Crippen molar-refractivity contribution in [2.45, 2.75) is 0 Å². The van der Waals surface area contributed by atoms with Gasteiger partial charge in [0.05, 0.1) is 0 Å². The summed E-state index contributed by atoms with van der Waals surface area (Å²) in [6.07, 6.45) is 3.70. The standard InChI is InChI=1S/C46H30N4/c1-3-13-31(14-4-1)44-48-45(32-15-5-2-6-16-32)50-46(49-44)39-27-37(26-38(28-39)36-20-12-24-47-30-36)33-18-11-19-34(25-33)43-29-35-17-7-8-21-40(35)41-22-9-10-23-42(41)43/h1-30H. The van der Waals surface area contributed by atoms with Gasteiger partial charge in [0.25, 0.3) is 0 Å². The summed E-state index contributed by atoms with van der Waals surface area (Å²) < 4.78 is 0. The first-order valence-electron chi connectivity index (χ1n) is 16.7. The Hall–Kier alpha value is -6.78. The van der Waals surface area contributed by atoms with Crippen LogP contribution in [0.3, 0.4) is 0 Å². The third kappa shape index (κ3) is 5.59. The molecular weight excluding hydrogens is 609 g/mol. The Labute approximate surface area is 290 Å². The van der Waals surface area contributed by atoms with Gasteiger partial charge in [-0.25, -0.2) is 15.0 Å². The van der Waals surface area contributed by atoms with Crippen LogP contribution in [0.5, 0.6) is 0 Å². The van der Waals surface area contributed by atoms with Crippen molar-refractivity contribution in [3.8, 4) is 67.5 Å². The van der Waals surface area contributed by atoms with Crippen LogP contribution in [0.1, 0.15) is 0 Å². The second-order valence-electron chi connectivity index (χ2n) is 12.4. The van der Waals surface area contributed by atoms with E-state index in [9.17, 15) is 0 Å². The van der Waals surface area contributed by atoms with E-state index in [1.807, 2.05) is 72.9 Å². The van der Waals surface area contributed by atoms with Gasteiger partial charge in [0, 0.05) is 34.6 Å². The Morgan fingerprint density at radius 3 is 1.48 bits per heavy atom. The van der Waals surface area contributed by atoms with Gasteiger partial charge in [0.15, 0.2) is 17.5 Å². The molecule has 2 heterocycles. The normalized spacial score (nSPS) is 11.2. The van der Waals surface area contributed by atoms with Crippen molar-refractivity contribution in [3.63, 3.8) is 0 Å². The third-order valence-electron chi connectivity index (χ3n) is 9.16. The predicted molar refractivity (Wildman–Crippen MR) is 205 cm³/mol. The third-order valence-corrected chi connectivity index (χ3v) is 9.16. The van der Waals surface area contributed by atoms with Gasteiger partial charge in [-0.1, -0.05) is 133 Å². The summed E-state index contributed by atoms with van der Waals surface area (Å²) in [7, 11) is 0. The maximum atomic E-state index is 5.06. The zero-order valence-corrected chi connectivity index (χ0v) is 27.1. The fourth-order valence-electron chi connectivity index (χ4n) is 6.72. The second kappa shape index (κ2) is 12.7. The van der Waals surface area contributed by atoms with Crippen LogP contribution in [0.2, 0.25) is 0 Å². The molecule has 7 aromatic carbocycles. The van der Waals surface area contributed by atoms with E-state index in [-0.39, 0.29) is 0 Å². The zero-order chi connectivity index (χ0) is 33.3. The number of nitrogens with zero attached hydrogens (tertiary/aromatic N) is 4. The van der Waals surface area contributed by atoms with Crippen LogP contribution < -0.4 is 0 Å². The molecule has 0 amide bonds. The lowest BCUT2D eigenvalue weighted by atomic mass is 9.91. The highest BCUT2D eigenvalue weighted by Crippen LogP contribution is 2.38. The summed E-state index contributed by atoms with van der Waals surface area (Å²) in [5, 5.41) is 4.98. The number of fused-ring (bicyclic) bond motifs is 3. The first-order chi connectivity index (χ1) is 24.8. The van der Waals surface area contributed by atoms with Crippen LogP contribution >= 0.6 is 0 Å². The summed E-state index contributed by atoms with van der Waals surface area (Å²) in [6.45, 7) is 0. The van der Waals surface area contributed by atoms with Gasteiger partial charge in [0.1, 0.15) is 0 Å². The van der Waals surface area contributed by atoms with Crippen molar-refractivity contribution in [2.75, 3.05) is 0 Å². The maximum Gasteiger partial charge on any atom is 0.164 e. The minimum atomic E-state index is 0.612. The number of hydrogen-bond acceptors (Lipinski definition) is 4. The molecule has 0 N–H and O–H groups in total. The molecule has 0 bridgehead atoms. The van der Waals surface area contributed by atoms with Crippen LogP contribution in [0.4, 0.5) is 0 Å². The lowest BCUT2D eigenvalue weighted by Gasteiger charge is -2.14. The second-order valence-corrected chi connectivity index (χ2v) is 12.4. The Balaban J connectivity index is 1.24. The van der Waals surface area contributed by atoms with Crippen LogP contribution in [0.25, 0.3) is 89.1 Å². The maximum absolute atomic E-state index is 5.06. The van der Waals surface area contributed by atoms with E-state index in [0.717, 1.165) is 44.5 Å². The molecule has 0 radical (unpaired) electrons. The van der Waals surface area contributed by atoms with Crippen LogP contribution in [0, 0.1) is 0 Å². The van der Waals surface area contributed by atoms with E-state index < -0.39 is 0 Å². The summed E-state index contributed by atoms with van der Waals surface area (Å²) >= 11 is 0. The van der Waals surface area contributed by atoms with Gasteiger partial charge in [-0.05, 0) is 85.8 Å². The highest BCUT2D eigenvalue weighted by molar-refractivity contribution is 6.13. The first kappa shape index (κ1) is 29.4. The molecule has 4 heteroatoms. The van der Waals surface area contributed by atoms with Crippen molar-refractivity contribution in [2.24, 2.45) is 0 Å². The lowest BCUT2D eigenvalue weighted by Crippen LogP contribution is -2.00. The molecule has 0 spiro atoms. The predicted octanol–water partition coefficient (Wildman–Crippen LogP) is 11.6. The molecule has 0 saturated heterocycles. The van der Waals surface area contributed by atoms with Crippen molar-refractivity contribution < 1.29 is 0 Å². The summed E-state index contributed by atoms with van der Waals surface area (Å²) in [4.78, 5) is 19.5. The van der Waals surface area contributed by atoms with E-state index in [0.29, 0.717) is 17.5 Å². The van der Waals surface area contributed by atoms with Crippen molar-refractivity contribution in [1.29, 1.82) is 0 Å². The molecule has 9 aromatic rings. The minimum absolute atomic E-state index is 0.612. The van der Waals surface area contributed by atoms with E-state index >= 15 is 0 Å². The number of pyridine rings is 1. The molecule has 0 saturated carbocycles. The topological polar surface area (TPSA) is 51.6 Å². The Morgan fingerprint density at radius 2 is 0.800 bits per heavy atom. The summed E-state index contributed by atoms with van der Waals surface area (Å²) in [5.74, 6) is 1.88. The lowest BCUT2D eigenvalue weighted by molar-refractivity contribution is 1.07. The molecule has 0 atom stereocenters. The molecule has 0 aliphatic carbocycles. The molecule has 50 heavy (non-hydrogen) atoms. The molecule has 9 rings (SSSR count). The Morgan fingerprint density at radius 1 is 0.300 bits per heavy atom. The molecule has 234 valence electrons. The highest BCUT2D eigenvalue weighted by Gasteiger charge is 2.16. The molecule has 0 fully saturated rings. The molecule has 2 aromatic heterocycles. The number of hydrogen-bond donors (Lipinski definition) is 0. The monoisotopic (exact) mass is 638 g/mol. The largest absolute Gasteiger partial charge is 0.264 e. The average molecular weight is 639 g/mol. The average Bonchev–Trinajstić information content (AvgIpc) is 3.21. The summed E-state index contributed by atoms with van der Waals surface area (Å²) in [6, 6.07) is 59.2. The SMILES string of the molecule is c1ccc(-c2nc(-c3ccccc3)nc(-c3cc(-c4cccnc4)cc(-c4cccc(-c5cc6ccccc6c6ccccc56)c4)c3)n2)cc1. The fourth-order valence-corrected chi connectivity index (χ4v) is 6.72. The highest BCUT2D eigenvalue weighted by atomic mass is 15.0. The van der Waals surface area contributed by atoms with Crippen molar-refractivity contribution in [3.05, 3.63) is 182 Å². The van der Waals surface area contributed by atoms with E-state index in [4.69, 9.17) is 15.0 Å². The minimum Gasteiger partial charge on any atom is -0.264 e. The molecule has 4 nitrogen and oxygen atoms in total. The van der Waals surface area contributed by atoms with Crippen molar-refractivity contribution >= 4 is 21.5 Å². The zero-order valence-electron chi connectivity index (χ0n) is 27.1. The van der Waals surface area contributed by atoms with Gasteiger partial charge in [-0.2, -0.15) is 0 Å². The van der Waals surface area contributed by atoms with Gasteiger partial charge in [-0.15, -0.1) is 0 Å². The van der Waals surface area contributed by atoms with Crippen molar-refractivity contribution in [1.82, 2.24) is 19.9 Å². The number of aromatic nitrogens is 4. The van der Waals surface area contributed by atoms with Gasteiger partial charge < -0.3 is 0 Å². The van der Waals surface area contributed by atoms with Crippen LogP contribution in [0.15, 0.2) is 182 Å². The molecular formula is C46H30N4. The van der Waals surface area contributed by atoms with Gasteiger partial charge >= 0.3 is 0 Å². The number of rotatable bonds is 6. The fraction of sp³-hybridized carbons (Fsp3) is 0. The Bertz CT molecular complexity index is 2580. The quantitative estimate of drug-likeness (QED) is 0.170. The Kier molecular flexibility index (Phi) is 7.45. The molecule has 0 aliphatic heterocycles. The van der Waals surface area contributed by atoms with Gasteiger partial charge in [-0.3, -0.25) is 4.98 Å². The van der Waals surface area contributed by atoms with E-state index in [2.05, 4.69) is 108 Å². The molecule has 0 aliphatic rings.